The zero-order valence-electron chi connectivity index (χ0n) is 30.1. The van der Waals surface area contributed by atoms with Gasteiger partial charge >= 0.3 is 6.09 Å². The van der Waals surface area contributed by atoms with Crippen LogP contribution >= 0.6 is 0 Å². The van der Waals surface area contributed by atoms with Gasteiger partial charge in [0.15, 0.2) is 0 Å². The fourth-order valence-corrected chi connectivity index (χ4v) is 7.94. The molecule has 0 saturated carbocycles. The molecule has 1 atom stereocenters. The molecule has 2 aliphatic rings. The topological polar surface area (TPSA) is 92.6 Å². The van der Waals surface area contributed by atoms with E-state index in [4.69, 9.17) is 9.95 Å². The molecule has 0 spiro atoms. The van der Waals surface area contributed by atoms with E-state index in [-0.39, 0.29) is 19.0 Å². The molecule has 0 aliphatic carbocycles. The molecule has 0 bridgehead atoms. The first-order valence-electron chi connectivity index (χ1n) is 18.4. The number of aromatic nitrogens is 3. The summed E-state index contributed by atoms with van der Waals surface area (Å²) in [6.07, 6.45) is 3.42. The molecule has 3 heterocycles. The van der Waals surface area contributed by atoms with E-state index in [2.05, 4.69) is 105 Å². The molecular weight excluding hydrogens is 680 g/mol. The number of halogens is 1. The Morgan fingerprint density at radius 3 is 2.19 bits per heavy atom. The van der Waals surface area contributed by atoms with Crippen LogP contribution in [0.25, 0.3) is 11.1 Å². The molecule has 1 N–H and O–H groups in total. The maximum atomic E-state index is 15.7. The third-order valence-electron chi connectivity index (χ3n) is 10.5. The second-order valence-electron chi connectivity index (χ2n) is 13.8. The average Bonchev–Trinajstić information content (AvgIpc) is 3.84. The van der Waals surface area contributed by atoms with Crippen LogP contribution in [0, 0.1) is 5.82 Å². The third kappa shape index (κ3) is 6.59. The highest BCUT2D eigenvalue weighted by Crippen LogP contribution is 2.41. The summed E-state index contributed by atoms with van der Waals surface area (Å²) in [5.41, 5.74) is 7.54. The molecule has 1 aromatic heterocycles. The van der Waals surface area contributed by atoms with Crippen molar-refractivity contribution in [3.63, 3.8) is 0 Å². The molecule has 1 fully saturated rings. The number of nitrogens with zero attached hydrogens (tertiary/aromatic N) is 5. The minimum atomic E-state index is -0.743. The van der Waals surface area contributed by atoms with Gasteiger partial charge in [-0.1, -0.05) is 102 Å². The Labute approximate surface area is 314 Å². The summed E-state index contributed by atoms with van der Waals surface area (Å²) in [6.45, 7) is 3.51. The highest BCUT2D eigenvalue weighted by Gasteiger charge is 2.41. The number of hydrogen-bond donors (Lipinski definition) is 1. The lowest BCUT2D eigenvalue weighted by molar-refractivity contribution is -0.119. The summed E-state index contributed by atoms with van der Waals surface area (Å²) in [7, 11) is 0. The molecule has 6 aromatic rings. The van der Waals surface area contributed by atoms with E-state index in [1.54, 1.807) is 12.1 Å². The van der Waals surface area contributed by atoms with Crippen molar-refractivity contribution in [2.45, 2.75) is 37.8 Å². The lowest BCUT2D eigenvalue weighted by atomic mass is 9.77. The number of fused-ring (bicyclic) bond motifs is 1. The maximum Gasteiger partial charge on any atom is 0.414 e. The lowest BCUT2D eigenvalue weighted by Crippen LogP contribution is -2.40. The van der Waals surface area contributed by atoms with Gasteiger partial charge in [-0.2, -0.15) is 0 Å². The summed E-state index contributed by atoms with van der Waals surface area (Å²) < 4.78 is 23.2. The van der Waals surface area contributed by atoms with Crippen LogP contribution in [0.15, 0.2) is 134 Å². The highest BCUT2D eigenvalue weighted by molar-refractivity contribution is 5.90. The van der Waals surface area contributed by atoms with E-state index in [0.717, 1.165) is 59.6 Å². The summed E-state index contributed by atoms with van der Waals surface area (Å²) >= 11 is 0. The molecule has 54 heavy (non-hydrogen) atoms. The van der Waals surface area contributed by atoms with Crippen LogP contribution in [0.2, 0.25) is 0 Å². The van der Waals surface area contributed by atoms with Crippen molar-refractivity contribution in [3.8, 4) is 11.1 Å². The Kier molecular flexibility index (Phi) is 9.65. The van der Waals surface area contributed by atoms with Crippen molar-refractivity contribution in [1.29, 1.82) is 0 Å². The van der Waals surface area contributed by atoms with Crippen molar-refractivity contribution < 1.29 is 18.7 Å². The predicted octanol–water partition coefficient (Wildman–Crippen LogP) is 7.38. The molecule has 0 unspecified atom stereocenters. The van der Waals surface area contributed by atoms with Gasteiger partial charge in [0.05, 0.1) is 30.7 Å². The number of anilines is 2. The molecule has 5 aromatic carbocycles. The summed E-state index contributed by atoms with van der Waals surface area (Å²) in [5, 5.41) is 12.0. The van der Waals surface area contributed by atoms with Crippen LogP contribution in [0.3, 0.4) is 0 Å². The Morgan fingerprint density at radius 1 is 0.889 bits per heavy atom. The number of rotatable bonds is 11. The summed E-state index contributed by atoms with van der Waals surface area (Å²) in [4.78, 5) is 27.6. The van der Waals surface area contributed by atoms with Crippen molar-refractivity contribution in [2.75, 3.05) is 36.0 Å². The van der Waals surface area contributed by atoms with Crippen molar-refractivity contribution in [3.05, 3.63) is 167 Å². The molecule has 272 valence electrons. The molecule has 8 rings (SSSR count). The van der Waals surface area contributed by atoms with E-state index in [0.29, 0.717) is 17.7 Å². The Bertz CT molecular complexity index is 2170. The van der Waals surface area contributed by atoms with Crippen LogP contribution in [-0.4, -0.2) is 59.3 Å². The maximum absolute atomic E-state index is 15.7. The first-order chi connectivity index (χ1) is 26.4. The number of amides is 2. The van der Waals surface area contributed by atoms with Crippen molar-refractivity contribution in [2.24, 2.45) is 0 Å². The lowest BCUT2D eigenvalue weighted by Gasteiger charge is -2.37. The van der Waals surface area contributed by atoms with Crippen LogP contribution < -0.4 is 15.1 Å². The predicted molar refractivity (Wildman–Crippen MR) is 207 cm³/mol. The van der Waals surface area contributed by atoms with Gasteiger partial charge in [-0.3, -0.25) is 9.69 Å². The van der Waals surface area contributed by atoms with Gasteiger partial charge in [-0.05, 0) is 71.0 Å². The van der Waals surface area contributed by atoms with E-state index < -0.39 is 23.6 Å². The number of carbonyl (C=O) groups is 2. The zero-order valence-corrected chi connectivity index (χ0v) is 30.1. The second-order valence-corrected chi connectivity index (χ2v) is 13.8. The SMILES string of the molecule is CC(=O)NC[C@H]1CN(c2ccc(-c3ccc4c(c3)CCCN4CCc3cnnn3C(c3ccccc3)(c3ccccc3)c3ccccc3)c(F)c2)C(=O)O1. The summed E-state index contributed by atoms with van der Waals surface area (Å²) in [5.74, 6) is -0.622. The molecule has 2 aliphatic heterocycles. The minimum absolute atomic E-state index is 0.203. The first kappa shape index (κ1) is 34.8. The first-order valence-corrected chi connectivity index (χ1v) is 18.4. The van der Waals surface area contributed by atoms with Crippen LogP contribution in [-0.2, 0) is 27.9 Å². The van der Waals surface area contributed by atoms with Gasteiger partial charge in [0, 0.05) is 37.7 Å². The number of benzene rings is 5. The number of hydrogen-bond acceptors (Lipinski definition) is 6. The fourth-order valence-electron chi connectivity index (χ4n) is 7.94. The number of cyclic esters (lactones) is 1. The summed E-state index contributed by atoms with van der Waals surface area (Å²) in [6, 6.07) is 42.5. The van der Waals surface area contributed by atoms with Crippen LogP contribution in [0.5, 0.6) is 0 Å². The zero-order chi connectivity index (χ0) is 37.1. The number of nitrogens with one attached hydrogen (secondary N) is 1. The average molecular weight is 721 g/mol. The van der Waals surface area contributed by atoms with Crippen LogP contribution in [0.1, 0.15) is 41.3 Å². The number of carbonyl (C=O) groups excluding carboxylic acids is 2. The van der Waals surface area contributed by atoms with Gasteiger partial charge in [-0.25, -0.2) is 13.9 Å². The highest BCUT2D eigenvalue weighted by atomic mass is 19.1. The fraction of sp³-hybridized carbons (Fsp3) is 0.227. The van der Waals surface area contributed by atoms with Gasteiger partial charge < -0.3 is 15.0 Å². The van der Waals surface area contributed by atoms with Gasteiger partial charge in [0.1, 0.15) is 17.5 Å². The Morgan fingerprint density at radius 2 is 1.56 bits per heavy atom. The number of ether oxygens (including phenoxy) is 1. The largest absolute Gasteiger partial charge is 0.442 e. The van der Waals surface area contributed by atoms with E-state index in [1.165, 1.54) is 23.5 Å². The van der Waals surface area contributed by atoms with Gasteiger partial charge in [0.2, 0.25) is 5.91 Å². The van der Waals surface area contributed by atoms with Crippen molar-refractivity contribution in [1.82, 2.24) is 20.3 Å². The molecule has 10 heteroatoms. The molecular formula is C44H41FN6O3. The number of aryl methyl sites for hydroxylation is 1. The molecule has 9 nitrogen and oxygen atoms in total. The normalized spacial score (nSPS) is 15.5. The second kappa shape index (κ2) is 15.0. The third-order valence-corrected chi connectivity index (χ3v) is 10.5. The smallest absolute Gasteiger partial charge is 0.414 e. The monoisotopic (exact) mass is 720 g/mol. The standard InChI is InChI=1S/C44H41FN6O3/c1-31(52)46-29-39-30-50(43(53)54-39)37-20-21-40(41(45)27-37)32-19-22-42-33(26-32)12-11-24-49(42)25-23-38-28-47-48-51(38)44(34-13-5-2-6-14-34,35-15-7-3-8-16-35)36-17-9-4-10-18-36/h2-10,13-22,26-28,39H,11-12,23-25,29-30H2,1H3,(H,46,52)/t39-/m0/s1. The van der Waals surface area contributed by atoms with Gasteiger partial charge in [-0.15, -0.1) is 5.10 Å². The minimum Gasteiger partial charge on any atom is -0.442 e. The van der Waals surface area contributed by atoms with Crippen LogP contribution in [0.4, 0.5) is 20.6 Å². The van der Waals surface area contributed by atoms with E-state index in [1.807, 2.05) is 30.5 Å². The molecule has 2 amide bonds. The molecule has 0 radical (unpaired) electrons. The van der Waals surface area contributed by atoms with Gasteiger partial charge in [0.25, 0.3) is 0 Å². The van der Waals surface area contributed by atoms with E-state index in [9.17, 15) is 9.59 Å². The Hall–Kier alpha value is -6.29. The molecule has 1 saturated heterocycles. The van der Waals surface area contributed by atoms with Crippen molar-refractivity contribution >= 4 is 23.4 Å². The quantitative estimate of drug-likeness (QED) is 0.141. The van der Waals surface area contributed by atoms with E-state index >= 15 is 4.39 Å². The Balaban J connectivity index is 1.05.